The first-order valence-electron chi connectivity index (χ1n) is 14.7. The predicted molar refractivity (Wildman–Crippen MR) is 166 cm³/mol. The predicted octanol–water partition coefficient (Wildman–Crippen LogP) is 4.55. The van der Waals surface area contributed by atoms with Crippen molar-refractivity contribution in [2.75, 3.05) is 19.6 Å². The van der Waals surface area contributed by atoms with Crippen molar-refractivity contribution < 1.29 is 4.79 Å². The molecule has 0 unspecified atom stereocenters. The summed E-state index contributed by atoms with van der Waals surface area (Å²) in [6.45, 7) is 6.98. The van der Waals surface area contributed by atoms with Crippen LogP contribution in [0.3, 0.4) is 0 Å². The van der Waals surface area contributed by atoms with Gasteiger partial charge in [-0.05, 0) is 67.3 Å². The summed E-state index contributed by atoms with van der Waals surface area (Å²) in [6, 6.07) is 13.9. The van der Waals surface area contributed by atoms with Gasteiger partial charge < -0.3 is 20.2 Å². The molecular formula is C32H33N9O2. The van der Waals surface area contributed by atoms with E-state index in [9.17, 15) is 9.59 Å². The van der Waals surface area contributed by atoms with Gasteiger partial charge >= 0.3 is 5.69 Å². The van der Waals surface area contributed by atoms with E-state index in [1.165, 1.54) is 11.1 Å². The Morgan fingerprint density at radius 2 is 1.88 bits per heavy atom. The zero-order valence-electron chi connectivity index (χ0n) is 24.1. The van der Waals surface area contributed by atoms with Crippen molar-refractivity contribution in [1.82, 2.24) is 44.9 Å². The summed E-state index contributed by atoms with van der Waals surface area (Å²) in [5.41, 5.74) is 8.04. The number of nitrogens with one attached hydrogen (secondary N) is 4. The number of hydrogen-bond acceptors (Lipinski definition) is 6. The van der Waals surface area contributed by atoms with E-state index in [-0.39, 0.29) is 17.6 Å². The van der Waals surface area contributed by atoms with E-state index in [0.717, 1.165) is 46.2 Å². The van der Waals surface area contributed by atoms with Crippen LogP contribution < -0.4 is 11.0 Å². The Labute approximate surface area is 247 Å². The average molecular weight is 576 g/mol. The molecule has 7 rings (SSSR count). The largest absolute Gasteiger partial charge is 0.337 e. The van der Waals surface area contributed by atoms with Crippen LogP contribution in [0, 0.1) is 6.92 Å². The number of carbonyl (C=O) groups is 1. The maximum atomic E-state index is 13.4. The first-order chi connectivity index (χ1) is 21.0. The highest BCUT2D eigenvalue weighted by Gasteiger charge is 2.28. The Bertz CT molecular complexity index is 2010. The molecule has 1 aliphatic rings. The van der Waals surface area contributed by atoms with Gasteiger partial charge in [-0.15, -0.1) is 0 Å². The molecule has 1 aliphatic heterocycles. The second kappa shape index (κ2) is 11.0. The maximum absolute atomic E-state index is 13.4. The van der Waals surface area contributed by atoms with Gasteiger partial charge in [0, 0.05) is 49.0 Å². The molecule has 218 valence electrons. The zero-order chi connectivity index (χ0) is 29.5. The van der Waals surface area contributed by atoms with E-state index in [4.69, 9.17) is 0 Å². The van der Waals surface area contributed by atoms with E-state index in [1.807, 2.05) is 52.2 Å². The van der Waals surface area contributed by atoms with Crippen LogP contribution in [-0.4, -0.2) is 65.1 Å². The van der Waals surface area contributed by atoms with Gasteiger partial charge in [-0.1, -0.05) is 25.1 Å². The number of fused-ring (bicyclic) bond motifs is 2. The van der Waals surface area contributed by atoms with Crippen LogP contribution >= 0.6 is 0 Å². The summed E-state index contributed by atoms with van der Waals surface area (Å²) in [5, 5.41) is 11.9. The topological polar surface area (TPSA) is 140 Å². The lowest BCUT2D eigenvalue weighted by Gasteiger charge is -2.32. The number of aromatic amines is 3. The molecule has 6 aromatic rings. The minimum atomic E-state index is -0.108. The van der Waals surface area contributed by atoms with Gasteiger partial charge in [0.2, 0.25) is 0 Å². The minimum absolute atomic E-state index is 0.0390. The summed E-state index contributed by atoms with van der Waals surface area (Å²) in [5.74, 6) is 0.422. The number of hydrogen-bond donors (Lipinski definition) is 4. The van der Waals surface area contributed by atoms with E-state index in [0.29, 0.717) is 43.1 Å². The highest BCUT2D eigenvalue weighted by Crippen LogP contribution is 2.32. The van der Waals surface area contributed by atoms with Crippen LogP contribution in [0.15, 0.2) is 65.8 Å². The molecule has 1 amide bonds. The third kappa shape index (κ3) is 4.81. The number of aromatic nitrogens is 7. The van der Waals surface area contributed by atoms with Crippen LogP contribution in [0.4, 0.5) is 0 Å². The quantitative estimate of drug-likeness (QED) is 0.220. The zero-order valence-corrected chi connectivity index (χ0v) is 24.1. The second-order valence-corrected chi connectivity index (χ2v) is 11.1. The van der Waals surface area contributed by atoms with Gasteiger partial charge in [-0.2, -0.15) is 5.10 Å². The Morgan fingerprint density at radius 3 is 2.72 bits per heavy atom. The van der Waals surface area contributed by atoms with Crippen LogP contribution in [-0.2, 0) is 6.54 Å². The number of benzene rings is 2. The van der Waals surface area contributed by atoms with E-state index in [2.05, 4.69) is 61.4 Å². The lowest BCUT2D eigenvalue weighted by Crippen LogP contribution is -2.40. The average Bonchev–Trinajstić information content (AvgIpc) is 3.76. The molecule has 0 atom stereocenters. The minimum Gasteiger partial charge on any atom is -0.337 e. The monoisotopic (exact) mass is 575 g/mol. The molecule has 0 radical (unpaired) electrons. The van der Waals surface area contributed by atoms with Crippen molar-refractivity contribution in [2.45, 2.75) is 39.3 Å². The number of pyridine rings is 1. The van der Waals surface area contributed by atoms with Crippen LogP contribution in [0.25, 0.3) is 44.6 Å². The fourth-order valence-corrected chi connectivity index (χ4v) is 6.14. The smallest absolute Gasteiger partial charge is 0.326 e. The molecule has 1 fully saturated rings. The molecule has 4 aromatic heterocycles. The van der Waals surface area contributed by atoms with Gasteiger partial charge in [0.15, 0.2) is 5.82 Å². The third-order valence-electron chi connectivity index (χ3n) is 8.53. The summed E-state index contributed by atoms with van der Waals surface area (Å²) in [4.78, 5) is 43.1. The number of carbonyl (C=O) groups excluding carboxylic acids is 1. The molecule has 0 saturated carbocycles. The molecule has 1 saturated heterocycles. The molecule has 43 heavy (non-hydrogen) atoms. The normalized spacial score (nSPS) is 14.2. The van der Waals surface area contributed by atoms with Gasteiger partial charge in [0.1, 0.15) is 11.4 Å². The molecule has 0 aliphatic carbocycles. The summed E-state index contributed by atoms with van der Waals surface area (Å²) < 4.78 is 1.83. The molecule has 4 N–H and O–H groups in total. The summed E-state index contributed by atoms with van der Waals surface area (Å²) in [7, 11) is 0. The number of piperidine rings is 1. The van der Waals surface area contributed by atoms with E-state index in [1.54, 1.807) is 6.20 Å². The molecule has 11 nitrogen and oxygen atoms in total. The number of imidazole rings is 2. The first kappa shape index (κ1) is 26.8. The SMILES string of the molecule is CCNCc1cncc(-c2ccc3[nH]nc(-c4ncc(C(=O)N5CCC(n6c(=O)[nH]c7ccccc76)CC5)[nH]4)c3c2)c1C. The lowest BCUT2D eigenvalue weighted by atomic mass is 9.98. The number of rotatable bonds is 7. The number of amides is 1. The van der Waals surface area contributed by atoms with Crippen molar-refractivity contribution in [3.05, 3.63) is 88.4 Å². The fourth-order valence-electron chi connectivity index (χ4n) is 6.14. The highest BCUT2D eigenvalue weighted by atomic mass is 16.2. The molecule has 0 spiro atoms. The third-order valence-corrected chi connectivity index (χ3v) is 8.53. The summed E-state index contributed by atoms with van der Waals surface area (Å²) in [6.07, 6.45) is 6.79. The van der Waals surface area contributed by atoms with Crippen molar-refractivity contribution in [3.8, 4) is 22.6 Å². The van der Waals surface area contributed by atoms with E-state index >= 15 is 0 Å². The van der Waals surface area contributed by atoms with Gasteiger partial charge in [-0.25, -0.2) is 9.78 Å². The van der Waals surface area contributed by atoms with Crippen molar-refractivity contribution in [3.63, 3.8) is 0 Å². The first-order valence-corrected chi connectivity index (χ1v) is 14.7. The molecule has 0 bridgehead atoms. The summed E-state index contributed by atoms with van der Waals surface area (Å²) >= 11 is 0. The van der Waals surface area contributed by atoms with E-state index < -0.39 is 0 Å². The lowest BCUT2D eigenvalue weighted by molar-refractivity contribution is 0.0689. The van der Waals surface area contributed by atoms with Gasteiger partial charge in [0.05, 0.1) is 22.7 Å². The number of para-hydroxylation sites is 2. The Kier molecular flexibility index (Phi) is 6.86. The number of H-pyrrole nitrogens is 3. The van der Waals surface area contributed by atoms with Crippen molar-refractivity contribution >= 4 is 27.8 Å². The number of nitrogens with zero attached hydrogens (tertiary/aromatic N) is 5. The van der Waals surface area contributed by atoms with Gasteiger partial charge in [-0.3, -0.25) is 19.4 Å². The maximum Gasteiger partial charge on any atom is 0.326 e. The molecule has 2 aromatic carbocycles. The Hall–Kier alpha value is -5.03. The fraction of sp³-hybridized carbons (Fsp3) is 0.281. The van der Waals surface area contributed by atoms with Crippen LogP contribution in [0.2, 0.25) is 0 Å². The highest BCUT2D eigenvalue weighted by molar-refractivity contribution is 5.96. The van der Waals surface area contributed by atoms with Gasteiger partial charge in [0.25, 0.3) is 5.91 Å². The standard InChI is InChI=1S/C32H33N9O2/c1-3-33-15-21-16-34-17-24(19(21)2)20-8-9-25-23(14-20)29(39-38-25)30-35-18-27(36-30)31(42)40-12-10-22(11-13-40)41-28-7-5-4-6-26(28)37-32(41)43/h4-9,14,16-18,22,33H,3,10-13,15H2,1-2H3,(H,35,36)(H,37,43)(H,38,39). The molecule has 5 heterocycles. The Morgan fingerprint density at radius 1 is 1.05 bits per heavy atom. The van der Waals surface area contributed by atoms with Crippen LogP contribution in [0.1, 0.15) is 47.4 Å². The van der Waals surface area contributed by atoms with Crippen molar-refractivity contribution in [1.29, 1.82) is 0 Å². The second-order valence-electron chi connectivity index (χ2n) is 11.1. The Balaban J connectivity index is 1.10. The van der Waals surface area contributed by atoms with Crippen LogP contribution in [0.5, 0.6) is 0 Å². The number of likely N-dealkylation sites (tertiary alicyclic amines) is 1. The van der Waals surface area contributed by atoms with Crippen molar-refractivity contribution in [2.24, 2.45) is 0 Å². The molecular weight excluding hydrogens is 542 g/mol. The molecule has 11 heteroatoms.